The van der Waals surface area contributed by atoms with E-state index in [1.54, 1.807) is 6.08 Å². The highest BCUT2D eigenvalue weighted by Crippen LogP contribution is 2.10. The first kappa shape index (κ1) is 20.2. The Bertz CT molecular complexity index is 440. The van der Waals surface area contributed by atoms with Crippen LogP contribution in [0, 0.1) is 5.92 Å². The number of unbranched alkanes of at least 4 members (excludes halogenated alkanes) is 1. The molecule has 4 nitrogen and oxygen atoms in total. The Kier molecular flexibility index (Phi) is 10.8. The molecule has 0 aromatic carbocycles. The molecule has 0 amide bonds. The van der Waals surface area contributed by atoms with Gasteiger partial charge in [-0.2, -0.15) is 0 Å². The number of hydrogen-bond acceptors (Lipinski definition) is 3. The zero-order valence-electron chi connectivity index (χ0n) is 14.1. The van der Waals surface area contributed by atoms with Gasteiger partial charge in [-0.05, 0) is 52.9 Å². The van der Waals surface area contributed by atoms with Crippen molar-refractivity contribution < 1.29 is 19.4 Å². The van der Waals surface area contributed by atoms with Gasteiger partial charge in [0.15, 0.2) is 5.92 Å². The van der Waals surface area contributed by atoms with E-state index in [1.165, 1.54) is 18.3 Å². The van der Waals surface area contributed by atoms with E-state index < -0.39 is 17.9 Å². The van der Waals surface area contributed by atoms with Crippen LogP contribution in [0.5, 0.6) is 0 Å². The van der Waals surface area contributed by atoms with E-state index in [2.05, 4.69) is 37.7 Å². The van der Waals surface area contributed by atoms with Crippen molar-refractivity contribution in [3.8, 4) is 0 Å². The van der Waals surface area contributed by atoms with Gasteiger partial charge in [0.25, 0.3) is 0 Å². The summed E-state index contributed by atoms with van der Waals surface area (Å²) in [5.41, 5.74) is 2.71. The van der Waals surface area contributed by atoms with Crippen LogP contribution in [0.2, 0.25) is 0 Å². The molecule has 1 unspecified atom stereocenters. The highest BCUT2D eigenvalue weighted by atomic mass is 16.5. The second-order valence-corrected chi connectivity index (χ2v) is 5.57. The highest BCUT2D eigenvalue weighted by molar-refractivity contribution is 5.93. The van der Waals surface area contributed by atoms with E-state index in [0.29, 0.717) is 0 Å². The quantitative estimate of drug-likeness (QED) is 0.283. The molecule has 0 saturated carbocycles. The molecular weight excluding hydrogens is 280 g/mol. The zero-order chi connectivity index (χ0) is 17.0. The van der Waals surface area contributed by atoms with Crippen LogP contribution in [-0.4, -0.2) is 24.2 Å². The maximum atomic E-state index is 11.3. The molecule has 1 N–H and O–H groups in total. The third-order valence-electron chi connectivity index (χ3n) is 3.24. The second kappa shape index (κ2) is 11.8. The summed E-state index contributed by atoms with van der Waals surface area (Å²) in [7, 11) is 1.20. The molecule has 0 rings (SSSR count). The van der Waals surface area contributed by atoms with Gasteiger partial charge in [0.05, 0.1) is 7.11 Å². The van der Waals surface area contributed by atoms with Crippen molar-refractivity contribution in [1.82, 2.24) is 0 Å². The van der Waals surface area contributed by atoms with Crippen LogP contribution in [-0.2, 0) is 14.3 Å². The van der Waals surface area contributed by atoms with Crippen molar-refractivity contribution in [1.29, 1.82) is 0 Å². The van der Waals surface area contributed by atoms with E-state index in [-0.39, 0.29) is 6.42 Å². The third kappa shape index (κ3) is 9.97. The summed E-state index contributed by atoms with van der Waals surface area (Å²) in [6, 6.07) is 0. The first-order valence-electron chi connectivity index (χ1n) is 7.63. The lowest BCUT2D eigenvalue weighted by Gasteiger charge is -2.06. The normalized spacial score (nSPS) is 13.0. The smallest absolute Gasteiger partial charge is 0.320 e. The van der Waals surface area contributed by atoms with Crippen molar-refractivity contribution in [3.05, 3.63) is 35.5 Å². The minimum absolute atomic E-state index is 0.172. The predicted octanol–water partition coefficient (Wildman–Crippen LogP) is 4.28. The Labute approximate surface area is 133 Å². The molecule has 0 aliphatic rings. The fourth-order valence-corrected chi connectivity index (χ4v) is 1.91. The molecule has 0 saturated heterocycles. The number of methoxy groups -OCH3 is 1. The lowest BCUT2D eigenvalue weighted by atomic mass is 10.1. The van der Waals surface area contributed by atoms with E-state index in [0.717, 1.165) is 25.7 Å². The van der Waals surface area contributed by atoms with Gasteiger partial charge >= 0.3 is 11.9 Å². The van der Waals surface area contributed by atoms with Crippen LogP contribution < -0.4 is 0 Å². The van der Waals surface area contributed by atoms with Gasteiger partial charge in [-0.15, -0.1) is 0 Å². The molecule has 1 atom stereocenters. The van der Waals surface area contributed by atoms with Gasteiger partial charge in [0, 0.05) is 0 Å². The molecule has 22 heavy (non-hydrogen) atoms. The maximum Gasteiger partial charge on any atom is 0.320 e. The fraction of sp³-hybridized carbons (Fsp3) is 0.556. The van der Waals surface area contributed by atoms with E-state index in [1.807, 2.05) is 6.08 Å². The number of allylic oxidation sites excluding steroid dienone is 6. The Morgan fingerprint density at radius 3 is 2.27 bits per heavy atom. The minimum atomic E-state index is -1.15. The molecule has 0 spiro atoms. The molecule has 4 heteroatoms. The summed E-state index contributed by atoms with van der Waals surface area (Å²) in [4.78, 5) is 22.2. The van der Waals surface area contributed by atoms with Crippen molar-refractivity contribution in [3.63, 3.8) is 0 Å². The molecular formula is C18H28O4. The molecule has 124 valence electrons. The third-order valence-corrected chi connectivity index (χ3v) is 3.24. The van der Waals surface area contributed by atoms with Crippen molar-refractivity contribution in [2.45, 2.75) is 52.9 Å². The Balaban J connectivity index is 4.06. The monoisotopic (exact) mass is 308 g/mol. The molecule has 0 bridgehead atoms. The Morgan fingerprint density at radius 1 is 1.05 bits per heavy atom. The van der Waals surface area contributed by atoms with Gasteiger partial charge in [-0.25, -0.2) is 0 Å². The Hall–Kier alpha value is -1.84. The average molecular weight is 308 g/mol. The first-order chi connectivity index (χ1) is 10.4. The topological polar surface area (TPSA) is 63.6 Å². The Morgan fingerprint density at radius 2 is 1.73 bits per heavy atom. The summed E-state index contributed by atoms with van der Waals surface area (Å²) in [5.74, 6) is -2.96. The van der Waals surface area contributed by atoms with Crippen molar-refractivity contribution in [2.24, 2.45) is 5.92 Å². The van der Waals surface area contributed by atoms with Crippen LogP contribution in [0.25, 0.3) is 0 Å². The summed E-state index contributed by atoms with van der Waals surface area (Å²) < 4.78 is 4.47. The number of esters is 1. The summed E-state index contributed by atoms with van der Waals surface area (Å²) in [6.07, 6.45) is 12.2. The van der Waals surface area contributed by atoms with E-state index >= 15 is 0 Å². The minimum Gasteiger partial charge on any atom is -0.481 e. The SMILES string of the molecule is COC(=O)C(C/C=C/CC/C=C(\C)CCC=C(C)C)C(=O)O. The van der Waals surface area contributed by atoms with Crippen LogP contribution in [0.4, 0.5) is 0 Å². The fourth-order valence-electron chi connectivity index (χ4n) is 1.91. The number of aliphatic carboxylic acids is 1. The molecule has 0 aliphatic heterocycles. The van der Waals surface area contributed by atoms with Gasteiger partial charge in [-0.3, -0.25) is 9.59 Å². The van der Waals surface area contributed by atoms with E-state index in [4.69, 9.17) is 5.11 Å². The average Bonchev–Trinajstić information content (AvgIpc) is 2.44. The van der Waals surface area contributed by atoms with Gasteiger partial charge in [0.1, 0.15) is 0 Å². The molecule has 0 radical (unpaired) electrons. The van der Waals surface area contributed by atoms with Crippen LogP contribution in [0.15, 0.2) is 35.5 Å². The number of carboxylic acid groups (broad SMARTS) is 1. The number of carboxylic acids is 1. The number of rotatable bonds is 10. The number of carbonyl (C=O) groups excluding carboxylic acids is 1. The number of hydrogen-bond donors (Lipinski definition) is 1. The van der Waals surface area contributed by atoms with Crippen LogP contribution in [0.3, 0.4) is 0 Å². The van der Waals surface area contributed by atoms with Gasteiger partial charge in [0.2, 0.25) is 0 Å². The van der Waals surface area contributed by atoms with Crippen LogP contribution >= 0.6 is 0 Å². The predicted molar refractivity (Wildman–Crippen MR) is 88.6 cm³/mol. The van der Waals surface area contributed by atoms with Crippen molar-refractivity contribution in [2.75, 3.05) is 7.11 Å². The lowest BCUT2D eigenvalue weighted by molar-refractivity contribution is -0.156. The van der Waals surface area contributed by atoms with Gasteiger partial charge < -0.3 is 9.84 Å². The summed E-state index contributed by atoms with van der Waals surface area (Å²) in [6.45, 7) is 6.32. The van der Waals surface area contributed by atoms with Crippen molar-refractivity contribution >= 4 is 11.9 Å². The summed E-state index contributed by atoms with van der Waals surface area (Å²) in [5, 5.41) is 8.92. The molecule has 0 aromatic heterocycles. The molecule has 0 aromatic rings. The number of carbonyl (C=O) groups is 2. The maximum absolute atomic E-state index is 11.3. The molecule has 0 heterocycles. The lowest BCUT2D eigenvalue weighted by Crippen LogP contribution is -2.24. The standard InChI is InChI=1S/C18H28O4/c1-14(2)10-9-12-15(3)11-7-5-6-8-13-16(17(19)20)18(21)22-4/h6,8,10-11,16H,5,7,9,12-13H2,1-4H3,(H,19,20)/b8-6+,15-11+. The first-order valence-corrected chi connectivity index (χ1v) is 7.63. The second-order valence-electron chi connectivity index (χ2n) is 5.57. The molecule has 0 fully saturated rings. The van der Waals surface area contributed by atoms with Crippen LogP contribution in [0.1, 0.15) is 52.9 Å². The zero-order valence-corrected chi connectivity index (χ0v) is 14.1. The molecule has 0 aliphatic carbocycles. The summed E-state index contributed by atoms with van der Waals surface area (Å²) >= 11 is 0. The largest absolute Gasteiger partial charge is 0.481 e. The van der Waals surface area contributed by atoms with Gasteiger partial charge in [-0.1, -0.05) is 35.5 Å². The highest BCUT2D eigenvalue weighted by Gasteiger charge is 2.25. The number of ether oxygens (including phenoxy) is 1. The van der Waals surface area contributed by atoms with E-state index in [9.17, 15) is 9.59 Å².